The van der Waals surface area contributed by atoms with Crippen molar-refractivity contribution in [1.82, 2.24) is 0 Å². The van der Waals surface area contributed by atoms with Gasteiger partial charge in [-0.2, -0.15) is 0 Å². The lowest BCUT2D eigenvalue weighted by molar-refractivity contribution is -0.149. The zero-order valence-electron chi connectivity index (χ0n) is 14.5. The molecule has 1 N–H and O–H groups in total. The lowest BCUT2D eigenvalue weighted by Gasteiger charge is -2.60. The minimum atomic E-state index is -0.0411. The van der Waals surface area contributed by atoms with E-state index in [1.807, 2.05) is 0 Å². The van der Waals surface area contributed by atoms with Crippen LogP contribution >= 0.6 is 0 Å². The highest BCUT2D eigenvalue weighted by atomic mass is 16.3. The average Bonchev–Trinajstić information content (AvgIpc) is 3.40. The van der Waals surface area contributed by atoms with Crippen LogP contribution in [0.15, 0.2) is 0 Å². The smallest absolute Gasteiger partial charge is 0.142 e. The van der Waals surface area contributed by atoms with E-state index in [9.17, 15) is 9.90 Å². The van der Waals surface area contributed by atoms with Crippen molar-refractivity contribution in [2.24, 2.45) is 58.2 Å². The molecule has 6 aliphatic rings. The van der Waals surface area contributed by atoms with Crippen molar-refractivity contribution in [2.75, 3.05) is 0 Å². The Kier molecular flexibility index (Phi) is 2.35. The maximum absolute atomic E-state index is 12.9. The highest BCUT2D eigenvalue weighted by Gasteiger charge is 2.75. The van der Waals surface area contributed by atoms with Gasteiger partial charge in [-0.3, -0.25) is 4.79 Å². The van der Waals surface area contributed by atoms with Crippen molar-refractivity contribution in [2.45, 2.75) is 64.9 Å². The first-order valence-corrected chi connectivity index (χ1v) is 10.2. The Morgan fingerprint density at radius 3 is 2.61 bits per heavy atom. The van der Waals surface area contributed by atoms with Gasteiger partial charge in [-0.05, 0) is 91.8 Å². The molecule has 0 aromatic rings. The van der Waals surface area contributed by atoms with Gasteiger partial charge < -0.3 is 5.11 Å². The highest BCUT2D eigenvalue weighted by Crippen LogP contribution is 2.78. The molecule has 6 fully saturated rings. The van der Waals surface area contributed by atoms with Gasteiger partial charge in [0.2, 0.25) is 0 Å². The van der Waals surface area contributed by atoms with E-state index in [4.69, 9.17) is 0 Å². The normalized spacial score (nSPS) is 68.3. The summed E-state index contributed by atoms with van der Waals surface area (Å²) in [6.45, 7) is 4.90. The summed E-state index contributed by atoms with van der Waals surface area (Å²) in [5, 5.41) is 10.2. The molecule has 2 heteroatoms. The van der Waals surface area contributed by atoms with Gasteiger partial charge in [0.25, 0.3) is 0 Å². The molecule has 0 heterocycles. The van der Waals surface area contributed by atoms with Crippen LogP contribution in [0.4, 0.5) is 0 Å². The number of aliphatic hydroxyl groups is 1. The second kappa shape index (κ2) is 3.89. The summed E-state index contributed by atoms with van der Waals surface area (Å²) in [7, 11) is 0. The minimum Gasteiger partial charge on any atom is -0.393 e. The van der Waals surface area contributed by atoms with Gasteiger partial charge in [-0.1, -0.05) is 13.8 Å². The molecule has 0 bridgehead atoms. The van der Waals surface area contributed by atoms with E-state index >= 15 is 0 Å². The largest absolute Gasteiger partial charge is 0.393 e. The molecular weight excluding hydrogens is 284 g/mol. The van der Waals surface area contributed by atoms with Gasteiger partial charge in [0.1, 0.15) is 5.78 Å². The second-order valence-electron chi connectivity index (χ2n) is 10.6. The predicted molar refractivity (Wildman–Crippen MR) is 87.5 cm³/mol. The topological polar surface area (TPSA) is 37.3 Å². The van der Waals surface area contributed by atoms with E-state index in [1.165, 1.54) is 25.7 Å². The lowest BCUT2D eigenvalue weighted by Crippen LogP contribution is -2.56. The van der Waals surface area contributed by atoms with Crippen molar-refractivity contribution in [3.05, 3.63) is 0 Å². The molecular formula is C21H30O2. The number of hydrogen-bond acceptors (Lipinski definition) is 2. The van der Waals surface area contributed by atoms with E-state index in [0.29, 0.717) is 17.1 Å². The van der Waals surface area contributed by atoms with Gasteiger partial charge in [0.05, 0.1) is 6.10 Å². The van der Waals surface area contributed by atoms with Crippen molar-refractivity contribution >= 4 is 5.78 Å². The molecule has 0 aromatic carbocycles. The molecule has 2 nitrogen and oxygen atoms in total. The average molecular weight is 314 g/mol. The number of rotatable bonds is 0. The Hall–Kier alpha value is -0.370. The Morgan fingerprint density at radius 2 is 1.78 bits per heavy atom. The van der Waals surface area contributed by atoms with Crippen LogP contribution < -0.4 is 0 Å². The molecule has 0 spiro atoms. The van der Waals surface area contributed by atoms with Gasteiger partial charge in [0, 0.05) is 11.3 Å². The van der Waals surface area contributed by atoms with Crippen LogP contribution in [-0.4, -0.2) is 17.0 Å². The van der Waals surface area contributed by atoms with E-state index < -0.39 is 0 Å². The molecule has 126 valence electrons. The van der Waals surface area contributed by atoms with Crippen molar-refractivity contribution < 1.29 is 9.90 Å². The summed E-state index contributed by atoms with van der Waals surface area (Å²) in [6.07, 6.45) is 8.34. The van der Waals surface area contributed by atoms with Crippen LogP contribution in [0.3, 0.4) is 0 Å². The molecule has 0 aromatic heterocycles. The second-order valence-corrected chi connectivity index (χ2v) is 10.6. The number of Topliss-reactive ketones (excluding diaryl/α,β-unsaturated/α-hetero) is 1. The molecule has 0 saturated heterocycles. The van der Waals surface area contributed by atoms with Crippen LogP contribution in [0, 0.1) is 58.2 Å². The molecule has 11 unspecified atom stereocenters. The summed E-state index contributed by atoms with van der Waals surface area (Å²) in [5.74, 6) is 6.83. The third-order valence-electron chi connectivity index (χ3n) is 9.93. The Balaban J connectivity index is 1.42. The molecule has 6 aliphatic carbocycles. The summed E-state index contributed by atoms with van der Waals surface area (Å²) >= 11 is 0. The Morgan fingerprint density at radius 1 is 0.957 bits per heavy atom. The molecule has 23 heavy (non-hydrogen) atoms. The number of fused-ring (bicyclic) bond motifs is 10. The molecule has 0 aliphatic heterocycles. The first-order valence-electron chi connectivity index (χ1n) is 10.2. The third kappa shape index (κ3) is 1.46. The standard InChI is InChI=1S/C21H30O2/c1-20-5-3-10(22)7-16(20)11-8-12(11)17-15(20)4-6-21(2)18(17)13-9-14(13)19(21)23/h10-18,22H,3-9H2,1-2H3. The zero-order chi connectivity index (χ0) is 15.7. The van der Waals surface area contributed by atoms with Crippen LogP contribution in [0.2, 0.25) is 0 Å². The first kappa shape index (κ1) is 13.9. The maximum atomic E-state index is 12.9. The SMILES string of the molecule is CC12CCC3C(C4CC4C4CC(O)CCC43C)C1C1CC1C2=O. The van der Waals surface area contributed by atoms with Gasteiger partial charge >= 0.3 is 0 Å². The number of carbonyl (C=O) groups excluding carboxylic acids is 1. The first-order chi connectivity index (χ1) is 10.9. The molecule has 6 saturated carbocycles. The van der Waals surface area contributed by atoms with Crippen molar-refractivity contribution in [3.8, 4) is 0 Å². The van der Waals surface area contributed by atoms with E-state index in [2.05, 4.69) is 13.8 Å². The summed E-state index contributed by atoms with van der Waals surface area (Å²) in [5.41, 5.74) is 0.498. The fraction of sp³-hybridized carbons (Fsp3) is 0.952. The van der Waals surface area contributed by atoms with Crippen LogP contribution in [-0.2, 0) is 4.79 Å². The number of carbonyl (C=O) groups is 1. The van der Waals surface area contributed by atoms with Crippen LogP contribution in [0.1, 0.15) is 58.8 Å². The molecule has 11 atom stereocenters. The third-order valence-corrected chi connectivity index (χ3v) is 9.93. The van der Waals surface area contributed by atoms with E-state index in [-0.39, 0.29) is 11.5 Å². The molecule has 0 amide bonds. The quantitative estimate of drug-likeness (QED) is 0.741. The summed E-state index contributed by atoms with van der Waals surface area (Å²) in [6, 6.07) is 0. The van der Waals surface area contributed by atoms with Crippen LogP contribution in [0.5, 0.6) is 0 Å². The minimum absolute atomic E-state index is 0.0409. The van der Waals surface area contributed by atoms with Crippen molar-refractivity contribution in [3.63, 3.8) is 0 Å². The molecule has 6 rings (SSSR count). The monoisotopic (exact) mass is 314 g/mol. The fourth-order valence-corrected chi connectivity index (χ4v) is 8.81. The Bertz CT molecular complexity index is 599. The van der Waals surface area contributed by atoms with Gasteiger partial charge in [0.15, 0.2) is 0 Å². The zero-order valence-corrected chi connectivity index (χ0v) is 14.5. The summed E-state index contributed by atoms with van der Waals surface area (Å²) in [4.78, 5) is 12.9. The Labute approximate surface area is 139 Å². The van der Waals surface area contributed by atoms with Crippen LogP contribution in [0.25, 0.3) is 0 Å². The summed E-state index contributed by atoms with van der Waals surface area (Å²) < 4.78 is 0. The van der Waals surface area contributed by atoms with E-state index in [0.717, 1.165) is 60.7 Å². The number of aliphatic hydroxyl groups excluding tert-OH is 1. The lowest BCUT2D eigenvalue weighted by atomic mass is 9.44. The fourth-order valence-electron chi connectivity index (χ4n) is 8.81. The molecule has 0 radical (unpaired) electrons. The van der Waals surface area contributed by atoms with Gasteiger partial charge in [-0.25, -0.2) is 0 Å². The van der Waals surface area contributed by atoms with E-state index in [1.54, 1.807) is 0 Å². The highest BCUT2D eigenvalue weighted by molar-refractivity contribution is 5.92. The number of hydrogen-bond donors (Lipinski definition) is 1. The maximum Gasteiger partial charge on any atom is 0.142 e. The van der Waals surface area contributed by atoms with Crippen molar-refractivity contribution in [1.29, 1.82) is 0 Å². The van der Waals surface area contributed by atoms with Gasteiger partial charge in [-0.15, -0.1) is 0 Å². The predicted octanol–water partition coefficient (Wildman–Crippen LogP) is 3.67. The number of ketones is 1.